The van der Waals surface area contributed by atoms with E-state index in [1.165, 1.54) is 10.7 Å². The van der Waals surface area contributed by atoms with Crippen molar-refractivity contribution < 1.29 is 13.5 Å². The number of hydrogen-bond donors (Lipinski definition) is 2. The Morgan fingerprint density at radius 1 is 1.29 bits per heavy atom. The Balaban J connectivity index is 2.55. The van der Waals surface area contributed by atoms with E-state index in [-0.39, 0.29) is 23.3 Å². The highest BCUT2D eigenvalue weighted by Crippen LogP contribution is 2.43. The lowest BCUT2D eigenvalue weighted by molar-refractivity contribution is 0.0367. The predicted octanol–water partition coefficient (Wildman–Crippen LogP) is 1.43. The quantitative estimate of drug-likeness (QED) is 0.696. The van der Waals surface area contributed by atoms with Gasteiger partial charge in [0.1, 0.15) is 0 Å². The van der Waals surface area contributed by atoms with Crippen LogP contribution in [0, 0.1) is 11.3 Å². The van der Waals surface area contributed by atoms with Gasteiger partial charge in [-0.05, 0) is 43.6 Å². The predicted molar refractivity (Wildman–Crippen MR) is 86.7 cm³/mol. The Morgan fingerprint density at radius 2 is 1.90 bits per heavy atom. The van der Waals surface area contributed by atoms with Crippen molar-refractivity contribution in [2.75, 3.05) is 33.0 Å². The van der Waals surface area contributed by atoms with Crippen LogP contribution in [0.25, 0.3) is 0 Å². The maximum atomic E-state index is 11.7. The van der Waals surface area contributed by atoms with Crippen LogP contribution in [-0.2, 0) is 10.0 Å². The second kappa shape index (κ2) is 6.94. The first kappa shape index (κ1) is 18.9. The van der Waals surface area contributed by atoms with Gasteiger partial charge in [0.2, 0.25) is 10.0 Å². The van der Waals surface area contributed by atoms with Gasteiger partial charge < -0.3 is 10.4 Å². The molecule has 0 saturated heterocycles. The zero-order valence-corrected chi connectivity index (χ0v) is 15.0. The van der Waals surface area contributed by atoms with Crippen molar-refractivity contribution in [3.63, 3.8) is 0 Å². The average Bonchev–Trinajstić information content (AvgIpc) is 2.32. The van der Waals surface area contributed by atoms with E-state index in [4.69, 9.17) is 0 Å². The number of nitrogens with zero attached hydrogens (tertiary/aromatic N) is 1. The van der Waals surface area contributed by atoms with Crippen LogP contribution >= 0.6 is 0 Å². The van der Waals surface area contributed by atoms with Gasteiger partial charge in [0.05, 0.1) is 12.4 Å². The third-order valence-electron chi connectivity index (χ3n) is 4.40. The first-order valence-electron chi connectivity index (χ1n) is 7.78. The highest BCUT2D eigenvalue weighted by molar-refractivity contribution is 7.89. The summed E-state index contributed by atoms with van der Waals surface area (Å²) in [5.74, 6) is 0.715. The molecular weight excluding hydrogens is 288 g/mol. The Bertz CT molecular complexity index is 434. The molecule has 0 unspecified atom stereocenters. The van der Waals surface area contributed by atoms with Crippen LogP contribution in [0.1, 0.15) is 46.5 Å². The maximum Gasteiger partial charge on any atom is 0.213 e. The fourth-order valence-electron chi connectivity index (χ4n) is 3.84. The van der Waals surface area contributed by atoms with Crippen LogP contribution in [0.3, 0.4) is 0 Å². The third-order valence-corrected chi connectivity index (χ3v) is 6.31. The lowest BCUT2D eigenvalue weighted by Gasteiger charge is -2.47. The molecule has 21 heavy (non-hydrogen) atoms. The van der Waals surface area contributed by atoms with Crippen LogP contribution in [0.2, 0.25) is 0 Å². The third kappa shape index (κ3) is 5.51. The molecule has 0 radical (unpaired) electrons. The number of aliphatic hydroxyl groups excluding tert-OH is 1. The molecule has 1 aliphatic carbocycles. The van der Waals surface area contributed by atoms with E-state index in [1.807, 2.05) is 0 Å². The minimum atomic E-state index is -3.13. The maximum absolute atomic E-state index is 11.7. The molecule has 0 spiro atoms. The SMILES string of the molecule is C[C@@H]1CC(C)(C)C[C@@](CO)(NCCCS(=O)(=O)N(C)C)C1. The van der Waals surface area contributed by atoms with Gasteiger partial charge in [-0.15, -0.1) is 0 Å². The second-order valence-electron chi connectivity index (χ2n) is 7.67. The summed E-state index contributed by atoms with van der Waals surface area (Å²) in [6, 6.07) is 0. The summed E-state index contributed by atoms with van der Waals surface area (Å²) in [7, 11) is -0.0128. The summed E-state index contributed by atoms with van der Waals surface area (Å²) in [6.45, 7) is 7.44. The van der Waals surface area contributed by atoms with Crippen LogP contribution in [0.4, 0.5) is 0 Å². The highest BCUT2D eigenvalue weighted by Gasteiger charge is 2.42. The monoisotopic (exact) mass is 320 g/mol. The molecule has 1 fully saturated rings. The summed E-state index contributed by atoms with van der Waals surface area (Å²) < 4.78 is 24.7. The molecule has 6 heteroatoms. The van der Waals surface area contributed by atoms with Crippen LogP contribution < -0.4 is 5.32 Å². The molecule has 0 amide bonds. The van der Waals surface area contributed by atoms with E-state index in [2.05, 4.69) is 26.1 Å². The lowest BCUT2D eigenvalue weighted by Crippen LogP contribution is -2.55. The molecule has 5 nitrogen and oxygen atoms in total. The molecule has 2 atom stereocenters. The van der Waals surface area contributed by atoms with E-state index >= 15 is 0 Å². The number of rotatable bonds is 7. The molecule has 2 N–H and O–H groups in total. The second-order valence-corrected chi connectivity index (χ2v) is 9.97. The van der Waals surface area contributed by atoms with Gasteiger partial charge in [0.15, 0.2) is 0 Å². The minimum Gasteiger partial charge on any atom is -0.394 e. The average molecular weight is 320 g/mol. The van der Waals surface area contributed by atoms with Crippen molar-refractivity contribution in [3.8, 4) is 0 Å². The van der Waals surface area contributed by atoms with E-state index in [1.54, 1.807) is 14.1 Å². The van der Waals surface area contributed by atoms with Gasteiger partial charge >= 0.3 is 0 Å². The molecular formula is C15H32N2O3S. The first-order valence-corrected chi connectivity index (χ1v) is 9.39. The van der Waals surface area contributed by atoms with Crippen LogP contribution in [-0.4, -0.2) is 56.4 Å². The molecule has 126 valence electrons. The fraction of sp³-hybridized carbons (Fsp3) is 1.00. The Labute approximate surface area is 130 Å². The topological polar surface area (TPSA) is 69.6 Å². The number of aliphatic hydroxyl groups is 1. The molecule has 1 rings (SSSR count). The van der Waals surface area contributed by atoms with Gasteiger partial charge in [-0.1, -0.05) is 20.8 Å². The summed E-state index contributed by atoms with van der Waals surface area (Å²) in [6.07, 6.45) is 3.62. The van der Waals surface area contributed by atoms with E-state index in [0.29, 0.717) is 18.9 Å². The van der Waals surface area contributed by atoms with Crippen LogP contribution in [0.15, 0.2) is 0 Å². The summed E-state index contributed by atoms with van der Waals surface area (Å²) in [5.41, 5.74) is -0.0495. The summed E-state index contributed by atoms with van der Waals surface area (Å²) in [5, 5.41) is 13.3. The molecule has 1 aliphatic rings. The summed E-state index contributed by atoms with van der Waals surface area (Å²) in [4.78, 5) is 0. The van der Waals surface area contributed by atoms with Gasteiger partial charge in [-0.3, -0.25) is 0 Å². The van der Waals surface area contributed by atoms with Crippen molar-refractivity contribution >= 4 is 10.0 Å². The highest BCUT2D eigenvalue weighted by atomic mass is 32.2. The number of hydrogen-bond acceptors (Lipinski definition) is 4. The number of sulfonamides is 1. The number of nitrogens with one attached hydrogen (secondary N) is 1. The molecule has 1 saturated carbocycles. The largest absolute Gasteiger partial charge is 0.394 e. The zero-order valence-electron chi connectivity index (χ0n) is 14.1. The molecule has 0 aromatic carbocycles. The van der Waals surface area contributed by atoms with Crippen molar-refractivity contribution in [1.29, 1.82) is 0 Å². The Hall–Kier alpha value is -0.170. The lowest BCUT2D eigenvalue weighted by atomic mass is 9.64. The minimum absolute atomic E-state index is 0.112. The van der Waals surface area contributed by atoms with Gasteiger partial charge in [-0.2, -0.15) is 0 Å². The van der Waals surface area contributed by atoms with Crippen molar-refractivity contribution in [2.45, 2.75) is 52.0 Å². The zero-order chi connectivity index (χ0) is 16.3. The molecule has 0 heterocycles. The molecule has 0 aromatic heterocycles. The molecule has 0 aliphatic heterocycles. The molecule has 0 aromatic rings. The smallest absolute Gasteiger partial charge is 0.213 e. The normalized spacial score (nSPS) is 29.8. The Kier molecular flexibility index (Phi) is 6.24. The van der Waals surface area contributed by atoms with Gasteiger partial charge in [-0.25, -0.2) is 12.7 Å². The van der Waals surface area contributed by atoms with Crippen molar-refractivity contribution in [3.05, 3.63) is 0 Å². The first-order chi connectivity index (χ1) is 9.52. The fourth-order valence-corrected chi connectivity index (χ4v) is 4.72. The van der Waals surface area contributed by atoms with E-state index in [9.17, 15) is 13.5 Å². The van der Waals surface area contributed by atoms with Gasteiger partial charge in [0, 0.05) is 19.6 Å². The van der Waals surface area contributed by atoms with E-state index < -0.39 is 10.0 Å². The molecule has 0 bridgehead atoms. The standard InChI is InChI=1S/C15H32N2O3S/c1-13-9-14(2,3)11-15(10-13,12-18)16-7-6-8-21(19,20)17(4)5/h13,16,18H,6-12H2,1-5H3/t13-,15+/m1/s1. The van der Waals surface area contributed by atoms with Crippen molar-refractivity contribution in [2.24, 2.45) is 11.3 Å². The van der Waals surface area contributed by atoms with Crippen molar-refractivity contribution in [1.82, 2.24) is 9.62 Å². The van der Waals surface area contributed by atoms with Crippen LogP contribution in [0.5, 0.6) is 0 Å². The summed E-state index contributed by atoms with van der Waals surface area (Å²) >= 11 is 0. The van der Waals surface area contributed by atoms with E-state index in [0.717, 1.165) is 12.8 Å². The Morgan fingerprint density at radius 3 is 2.38 bits per heavy atom. The van der Waals surface area contributed by atoms with Gasteiger partial charge in [0.25, 0.3) is 0 Å².